The number of likely N-dealkylation sites (tertiary alicyclic amines) is 1. The fourth-order valence-electron chi connectivity index (χ4n) is 3.91. The average molecular weight is 460 g/mol. The molecule has 1 unspecified atom stereocenters. The molecule has 0 radical (unpaired) electrons. The van der Waals surface area contributed by atoms with Gasteiger partial charge in [0.2, 0.25) is 10.0 Å². The maximum absolute atomic E-state index is 13.0. The van der Waals surface area contributed by atoms with Gasteiger partial charge in [-0.3, -0.25) is 9.69 Å². The van der Waals surface area contributed by atoms with Gasteiger partial charge in [0, 0.05) is 30.2 Å². The van der Waals surface area contributed by atoms with Crippen molar-refractivity contribution in [3.8, 4) is 5.75 Å². The molecule has 0 aromatic heterocycles. The second-order valence-electron chi connectivity index (χ2n) is 9.25. The Balaban J connectivity index is 1.72. The fourth-order valence-corrected chi connectivity index (χ4v) is 5.53. The summed E-state index contributed by atoms with van der Waals surface area (Å²) in [6.07, 6.45) is 1.89. The Bertz CT molecular complexity index is 1030. The summed E-state index contributed by atoms with van der Waals surface area (Å²) in [5.74, 6) is -0.0866. The van der Waals surface area contributed by atoms with Crippen LogP contribution < -0.4 is 14.8 Å². The molecule has 0 bridgehead atoms. The van der Waals surface area contributed by atoms with Crippen LogP contribution in [-0.4, -0.2) is 51.0 Å². The number of benzene rings is 2. The highest BCUT2D eigenvalue weighted by Crippen LogP contribution is 2.26. The molecule has 32 heavy (non-hydrogen) atoms. The van der Waals surface area contributed by atoms with E-state index in [4.69, 9.17) is 4.74 Å². The van der Waals surface area contributed by atoms with Crippen LogP contribution in [0.3, 0.4) is 0 Å². The van der Waals surface area contributed by atoms with Crippen molar-refractivity contribution in [2.24, 2.45) is 0 Å². The van der Waals surface area contributed by atoms with Gasteiger partial charge in [0.15, 0.2) is 0 Å². The summed E-state index contributed by atoms with van der Waals surface area (Å²) in [5.41, 5.74) is 0.878. The number of sulfonamides is 1. The smallest absolute Gasteiger partial charge is 0.251 e. The van der Waals surface area contributed by atoms with Crippen molar-refractivity contribution in [3.05, 3.63) is 59.7 Å². The number of methoxy groups -OCH3 is 1. The third-order valence-electron chi connectivity index (χ3n) is 5.25. The zero-order chi connectivity index (χ0) is 23.4. The lowest BCUT2D eigenvalue weighted by Gasteiger charge is -2.33. The Kier molecular flexibility index (Phi) is 7.59. The molecule has 3 rings (SSSR count). The van der Waals surface area contributed by atoms with Gasteiger partial charge in [-0.15, -0.1) is 0 Å². The molecule has 1 amide bonds. The van der Waals surface area contributed by atoms with Gasteiger partial charge in [-0.05, 0) is 63.9 Å². The molecule has 0 saturated carbocycles. The SMILES string of the molecule is COc1ccc(C(=O)NC2CCCN(Cc3ccccc3)C2)cc1S(=O)(=O)NC(C)(C)C. The second kappa shape index (κ2) is 10.0. The molecule has 8 heteroatoms. The molecule has 0 aliphatic carbocycles. The number of nitrogens with zero attached hydrogens (tertiary/aromatic N) is 1. The molecular weight excluding hydrogens is 426 g/mol. The molecule has 7 nitrogen and oxygen atoms in total. The molecule has 1 saturated heterocycles. The standard InChI is InChI=1S/C24H33N3O4S/c1-24(2,3)26-32(29,30)22-15-19(12-13-21(22)31-4)23(28)25-20-11-8-14-27(17-20)16-18-9-6-5-7-10-18/h5-7,9-10,12-13,15,20,26H,8,11,14,16-17H2,1-4H3,(H,25,28). The van der Waals surface area contributed by atoms with Gasteiger partial charge in [0.25, 0.3) is 5.91 Å². The van der Waals surface area contributed by atoms with Gasteiger partial charge in [0.1, 0.15) is 10.6 Å². The van der Waals surface area contributed by atoms with Crippen LogP contribution in [0.1, 0.15) is 49.5 Å². The quantitative estimate of drug-likeness (QED) is 0.664. The number of amides is 1. The van der Waals surface area contributed by atoms with Crippen molar-refractivity contribution in [2.75, 3.05) is 20.2 Å². The van der Waals surface area contributed by atoms with Crippen LogP contribution in [0.25, 0.3) is 0 Å². The molecule has 0 spiro atoms. The van der Waals surface area contributed by atoms with Crippen molar-refractivity contribution >= 4 is 15.9 Å². The van der Waals surface area contributed by atoms with Crippen LogP contribution in [0.15, 0.2) is 53.4 Å². The zero-order valence-electron chi connectivity index (χ0n) is 19.2. The first-order chi connectivity index (χ1) is 15.1. The highest BCUT2D eigenvalue weighted by molar-refractivity contribution is 7.89. The Morgan fingerprint density at radius 3 is 2.53 bits per heavy atom. The minimum absolute atomic E-state index is 0.00909. The largest absolute Gasteiger partial charge is 0.495 e. The van der Waals surface area contributed by atoms with E-state index in [-0.39, 0.29) is 22.6 Å². The Morgan fingerprint density at radius 2 is 1.88 bits per heavy atom. The minimum atomic E-state index is -3.86. The van der Waals surface area contributed by atoms with Crippen molar-refractivity contribution < 1.29 is 17.9 Å². The molecule has 2 aromatic rings. The molecule has 2 aromatic carbocycles. The molecule has 1 heterocycles. The molecule has 2 N–H and O–H groups in total. The van der Waals surface area contributed by atoms with E-state index >= 15 is 0 Å². The Morgan fingerprint density at radius 1 is 1.16 bits per heavy atom. The Hall–Kier alpha value is -2.42. The van der Waals surface area contributed by atoms with Gasteiger partial charge in [-0.2, -0.15) is 0 Å². The van der Waals surface area contributed by atoms with E-state index in [2.05, 4.69) is 27.1 Å². The van der Waals surface area contributed by atoms with Crippen LogP contribution in [0.5, 0.6) is 5.75 Å². The maximum Gasteiger partial charge on any atom is 0.251 e. The summed E-state index contributed by atoms with van der Waals surface area (Å²) < 4.78 is 33.6. The van der Waals surface area contributed by atoms with E-state index in [1.165, 1.54) is 24.8 Å². The minimum Gasteiger partial charge on any atom is -0.495 e. The summed E-state index contributed by atoms with van der Waals surface area (Å²) in [7, 11) is -2.45. The normalized spacial score (nSPS) is 17.7. The number of nitrogens with one attached hydrogen (secondary N) is 2. The van der Waals surface area contributed by atoms with E-state index in [1.54, 1.807) is 26.8 Å². The predicted molar refractivity (Wildman–Crippen MR) is 125 cm³/mol. The lowest BCUT2D eigenvalue weighted by molar-refractivity contribution is 0.0900. The maximum atomic E-state index is 13.0. The van der Waals surface area contributed by atoms with Crippen LogP contribution in [-0.2, 0) is 16.6 Å². The lowest BCUT2D eigenvalue weighted by atomic mass is 10.0. The van der Waals surface area contributed by atoms with Gasteiger partial charge in [-0.25, -0.2) is 13.1 Å². The third-order valence-corrected chi connectivity index (χ3v) is 7.02. The summed E-state index contributed by atoms with van der Waals surface area (Å²) in [6, 6.07) is 14.8. The molecule has 174 valence electrons. The average Bonchev–Trinajstić information content (AvgIpc) is 2.72. The van der Waals surface area contributed by atoms with E-state index in [0.717, 1.165) is 32.5 Å². The fraction of sp³-hybridized carbons (Fsp3) is 0.458. The summed E-state index contributed by atoms with van der Waals surface area (Å²) in [4.78, 5) is 15.2. The van der Waals surface area contributed by atoms with Gasteiger partial charge >= 0.3 is 0 Å². The topological polar surface area (TPSA) is 87.7 Å². The lowest BCUT2D eigenvalue weighted by Crippen LogP contribution is -2.47. The van der Waals surface area contributed by atoms with Crippen LogP contribution in [0.4, 0.5) is 0 Å². The molecule has 1 aliphatic heterocycles. The first-order valence-corrected chi connectivity index (χ1v) is 12.3. The van der Waals surface area contributed by atoms with E-state index in [0.29, 0.717) is 5.56 Å². The van der Waals surface area contributed by atoms with Crippen molar-refractivity contribution in [2.45, 2.75) is 56.6 Å². The van der Waals surface area contributed by atoms with Gasteiger partial charge in [0.05, 0.1) is 7.11 Å². The number of carbonyl (C=O) groups excluding carboxylic acids is 1. The molecule has 1 atom stereocenters. The number of hydrogen-bond acceptors (Lipinski definition) is 5. The molecule has 1 fully saturated rings. The number of piperidine rings is 1. The van der Waals surface area contributed by atoms with E-state index in [9.17, 15) is 13.2 Å². The highest BCUT2D eigenvalue weighted by atomic mass is 32.2. The summed E-state index contributed by atoms with van der Waals surface area (Å²) in [5, 5.41) is 3.08. The monoisotopic (exact) mass is 459 g/mol. The Labute approximate surface area is 191 Å². The van der Waals surface area contributed by atoms with Crippen LogP contribution in [0, 0.1) is 0 Å². The van der Waals surface area contributed by atoms with Crippen LogP contribution in [0.2, 0.25) is 0 Å². The summed E-state index contributed by atoms with van der Waals surface area (Å²) in [6.45, 7) is 7.88. The van der Waals surface area contributed by atoms with Crippen molar-refractivity contribution in [1.82, 2.24) is 14.9 Å². The first-order valence-electron chi connectivity index (χ1n) is 10.9. The van der Waals surface area contributed by atoms with E-state index < -0.39 is 15.6 Å². The number of ether oxygens (including phenoxy) is 1. The molecule has 1 aliphatic rings. The predicted octanol–water partition coefficient (Wildman–Crippen LogP) is 3.17. The van der Waals surface area contributed by atoms with Crippen molar-refractivity contribution in [3.63, 3.8) is 0 Å². The second-order valence-corrected chi connectivity index (χ2v) is 10.9. The molecular formula is C24H33N3O4S. The number of carbonyl (C=O) groups is 1. The van der Waals surface area contributed by atoms with Gasteiger partial charge < -0.3 is 10.1 Å². The zero-order valence-corrected chi connectivity index (χ0v) is 20.0. The third kappa shape index (κ3) is 6.54. The van der Waals surface area contributed by atoms with Crippen LogP contribution >= 0.6 is 0 Å². The summed E-state index contributed by atoms with van der Waals surface area (Å²) >= 11 is 0. The number of rotatable bonds is 7. The van der Waals surface area contributed by atoms with Crippen molar-refractivity contribution in [1.29, 1.82) is 0 Å². The first kappa shape index (κ1) is 24.2. The number of hydrogen-bond donors (Lipinski definition) is 2. The highest BCUT2D eigenvalue weighted by Gasteiger charge is 2.27. The van der Waals surface area contributed by atoms with Gasteiger partial charge in [-0.1, -0.05) is 30.3 Å². The van der Waals surface area contributed by atoms with E-state index in [1.807, 2.05) is 18.2 Å².